The molecular weight excluding hydrogens is 322 g/mol. The molecular formula is C14H10BrN3O2. The van der Waals surface area contributed by atoms with E-state index in [0.717, 1.165) is 10.0 Å². The molecule has 0 spiro atoms. The molecule has 0 heterocycles. The van der Waals surface area contributed by atoms with Gasteiger partial charge in [0.15, 0.2) is 0 Å². The lowest BCUT2D eigenvalue weighted by Gasteiger charge is -2.07. The molecule has 100 valence electrons. The number of hydrogen-bond donors (Lipinski definition) is 1. The Hall–Kier alpha value is -2.39. The summed E-state index contributed by atoms with van der Waals surface area (Å²) in [5, 5.41) is 22.8. The van der Waals surface area contributed by atoms with E-state index in [0.29, 0.717) is 12.2 Å². The second-order valence-electron chi connectivity index (χ2n) is 4.08. The van der Waals surface area contributed by atoms with Gasteiger partial charge < -0.3 is 5.32 Å². The first-order valence-corrected chi connectivity index (χ1v) is 6.56. The van der Waals surface area contributed by atoms with Crippen molar-refractivity contribution in [1.82, 2.24) is 0 Å². The number of nitro benzene ring substituents is 1. The van der Waals surface area contributed by atoms with Crippen LogP contribution in [0.15, 0.2) is 46.9 Å². The van der Waals surface area contributed by atoms with Crippen molar-refractivity contribution >= 4 is 27.3 Å². The molecule has 0 aliphatic carbocycles. The highest BCUT2D eigenvalue weighted by Gasteiger charge is 2.14. The zero-order valence-electron chi connectivity index (χ0n) is 10.3. The fourth-order valence-electron chi connectivity index (χ4n) is 1.70. The molecule has 5 nitrogen and oxygen atoms in total. The highest BCUT2D eigenvalue weighted by Crippen LogP contribution is 2.26. The van der Waals surface area contributed by atoms with E-state index >= 15 is 0 Å². The van der Waals surface area contributed by atoms with E-state index < -0.39 is 4.92 Å². The van der Waals surface area contributed by atoms with E-state index in [2.05, 4.69) is 21.2 Å². The van der Waals surface area contributed by atoms with Gasteiger partial charge in [-0.1, -0.05) is 28.1 Å². The number of halogens is 1. The molecule has 0 aliphatic rings. The van der Waals surface area contributed by atoms with E-state index in [-0.39, 0.29) is 11.3 Å². The topological polar surface area (TPSA) is 79.0 Å². The molecule has 6 heteroatoms. The molecule has 0 bridgehead atoms. The standard InChI is InChI=1S/C14H10BrN3O2/c15-12-4-1-10(2-5-12)9-17-13-6-3-11(8-16)7-14(13)18(19)20/h1-7,17H,9H2. The van der Waals surface area contributed by atoms with Gasteiger partial charge in [0.05, 0.1) is 16.6 Å². The van der Waals surface area contributed by atoms with Gasteiger partial charge in [0.2, 0.25) is 0 Å². The molecule has 0 aliphatic heterocycles. The van der Waals surface area contributed by atoms with Crippen LogP contribution < -0.4 is 5.32 Å². The van der Waals surface area contributed by atoms with Crippen LogP contribution in [-0.4, -0.2) is 4.92 Å². The van der Waals surface area contributed by atoms with Crippen LogP contribution in [0.4, 0.5) is 11.4 Å². The average Bonchev–Trinajstić information content (AvgIpc) is 2.46. The van der Waals surface area contributed by atoms with Gasteiger partial charge in [-0.05, 0) is 29.8 Å². The normalized spacial score (nSPS) is 9.80. The molecule has 0 saturated heterocycles. The first kappa shape index (κ1) is 14.0. The fraction of sp³-hybridized carbons (Fsp3) is 0.0714. The van der Waals surface area contributed by atoms with Crippen LogP contribution in [0.5, 0.6) is 0 Å². The van der Waals surface area contributed by atoms with Gasteiger partial charge >= 0.3 is 0 Å². The van der Waals surface area contributed by atoms with Crippen molar-refractivity contribution in [2.24, 2.45) is 0 Å². The number of nitro groups is 1. The summed E-state index contributed by atoms with van der Waals surface area (Å²) < 4.78 is 0.977. The van der Waals surface area contributed by atoms with Gasteiger partial charge in [-0.3, -0.25) is 10.1 Å². The molecule has 0 saturated carbocycles. The van der Waals surface area contributed by atoms with Crippen LogP contribution in [0.1, 0.15) is 11.1 Å². The maximum atomic E-state index is 11.0. The van der Waals surface area contributed by atoms with Crippen LogP contribution in [0.25, 0.3) is 0 Å². The molecule has 0 aromatic heterocycles. The monoisotopic (exact) mass is 331 g/mol. The highest BCUT2D eigenvalue weighted by molar-refractivity contribution is 9.10. The van der Waals surface area contributed by atoms with Gasteiger partial charge in [0.1, 0.15) is 5.69 Å². The van der Waals surface area contributed by atoms with Crippen molar-refractivity contribution in [2.75, 3.05) is 5.32 Å². The number of nitrogens with one attached hydrogen (secondary N) is 1. The Balaban J connectivity index is 2.19. The minimum Gasteiger partial charge on any atom is -0.375 e. The lowest BCUT2D eigenvalue weighted by atomic mass is 10.1. The van der Waals surface area contributed by atoms with E-state index in [9.17, 15) is 10.1 Å². The minimum absolute atomic E-state index is 0.0961. The second-order valence-corrected chi connectivity index (χ2v) is 5.00. The SMILES string of the molecule is N#Cc1ccc(NCc2ccc(Br)cc2)c([N+](=O)[O-])c1. The molecule has 2 aromatic carbocycles. The Morgan fingerprint density at radius 3 is 2.55 bits per heavy atom. The van der Waals surface area contributed by atoms with E-state index in [1.807, 2.05) is 30.3 Å². The molecule has 0 atom stereocenters. The third-order valence-electron chi connectivity index (χ3n) is 2.72. The number of nitrogens with zero attached hydrogens (tertiary/aromatic N) is 2. The van der Waals surface area contributed by atoms with Crippen LogP contribution >= 0.6 is 15.9 Å². The zero-order valence-corrected chi connectivity index (χ0v) is 11.9. The van der Waals surface area contributed by atoms with Crippen molar-refractivity contribution in [2.45, 2.75) is 6.54 Å². The molecule has 2 aromatic rings. The number of hydrogen-bond acceptors (Lipinski definition) is 4. The van der Waals surface area contributed by atoms with Gasteiger partial charge in [-0.15, -0.1) is 0 Å². The summed E-state index contributed by atoms with van der Waals surface area (Å²) >= 11 is 3.35. The lowest BCUT2D eigenvalue weighted by molar-refractivity contribution is -0.384. The maximum absolute atomic E-state index is 11.0. The predicted octanol–water partition coefficient (Wildman–Crippen LogP) is 3.84. The Kier molecular flexibility index (Phi) is 4.33. The minimum atomic E-state index is -0.495. The van der Waals surface area contributed by atoms with Crippen LogP contribution in [0.2, 0.25) is 0 Å². The van der Waals surface area contributed by atoms with Crippen LogP contribution in [0, 0.1) is 21.4 Å². The van der Waals surface area contributed by atoms with Crippen molar-refractivity contribution in [3.05, 3.63) is 68.2 Å². The van der Waals surface area contributed by atoms with Crippen molar-refractivity contribution in [3.8, 4) is 6.07 Å². The zero-order chi connectivity index (χ0) is 14.5. The average molecular weight is 332 g/mol. The summed E-state index contributed by atoms with van der Waals surface area (Å²) in [4.78, 5) is 10.5. The number of nitriles is 1. The molecule has 0 amide bonds. The Labute approximate surface area is 124 Å². The van der Waals surface area contributed by atoms with Crippen molar-refractivity contribution in [1.29, 1.82) is 5.26 Å². The fourth-order valence-corrected chi connectivity index (χ4v) is 1.97. The van der Waals surface area contributed by atoms with Gasteiger partial charge in [-0.25, -0.2) is 0 Å². The second kappa shape index (κ2) is 6.17. The Morgan fingerprint density at radius 1 is 1.25 bits per heavy atom. The first-order valence-electron chi connectivity index (χ1n) is 5.77. The summed E-state index contributed by atoms with van der Waals surface area (Å²) in [6, 6.07) is 13.9. The number of anilines is 1. The molecule has 20 heavy (non-hydrogen) atoms. The van der Waals surface area contributed by atoms with E-state index in [4.69, 9.17) is 5.26 Å². The van der Waals surface area contributed by atoms with Crippen LogP contribution in [-0.2, 0) is 6.54 Å². The summed E-state index contributed by atoms with van der Waals surface area (Å²) in [5.41, 5.74) is 1.58. The van der Waals surface area contributed by atoms with Crippen molar-refractivity contribution in [3.63, 3.8) is 0 Å². The van der Waals surface area contributed by atoms with Gasteiger partial charge in [0, 0.05) is 17.1 Å². The summed E-state index contributed by atoms with van der Waals surface area (Å²) in [6.07, 6.45) is 0. The van der Waals surface area contributed by atoms with Gasteiger partial charge in [0.25, 0.3) is 5.69 Å². The number of rotatable bonds is 4. The third kappa shape index (κ3) is 3.33. The Morgan fingerprint density at radius 2 is 1.95 bits per heavy atom. The number of benzene rings is 2. The summed E-state index contributed by atoms with van der Waals surface area (Å²) in [5.74, 6) is 0. The van der Waals surface area contributed by atoms with Crippen LogP contribution in [0.3, 0.4) is 0 Å². The molecule has 2 rings (SSSR count). The third-order valence-corrected chi connectivity index (χ3v) is 3.25. The molecule has 0 radical (unpaired) electrons. The summed E-state index contributed by atoms with van der Waals surface area (Å²) in [7, 11) is 0. The van der Waals surface area contributed by atoms with E-state index in [1.54, 1.807) is 12.1 Å². The smallest absolute Gasteiger partial charge is 0.293 e. The molecule has 0 fully saturated rings. The quantitative estimate of drug-likeness (QED) is 0.681. The highest BCUT2D eigenvalue weighted by atomic mass is 79.9. The van der Waals surface area contributed by atoms with Gasteiger partial charge in [-0.2, -0.15) is 5.26 Å². The largest absolute Gasteiger partial charge is 0.375 e. The Bertz CT molecular complexity index is 678. The molecule has 0 unspecified atom stereocenters. The van der Waals surface area contributed by atoms with Crippen molar-refractivity contribution < 1.29 is 4.92 Å². The molecule has 1 N–H and O–H groups in total. The predicted molar refractivity (Wildman–Crippen MR) is 79.3 cm³/mol. The lowest BCUT2D eigenvalue weighted by Crippen LogP contribution is -2.02. The first-order chi connectivity index (χ1) is 9.60. The van der Waals surface area contributed by atoms with E-state index in [1.165, 1.54) is 6.07 Å². The maximum Gasteiger partial charge on any atom is 0.293 e. The summed E-state index contributed by atoms with van der Waals surface area (Å²) in [6.45, 7) is 0.472.